The number of carbonyl (C=O) groups is 1. The Kier molecular flexibility index (Phi) is 4.93. The molecule has 0 radical (unpaired) electrons. The van der Waals surface area contributed by atoms with Crippen molar-refractivity contribution < 1.29 is 14.3 Å². The molecule has 0 saturated heterocycles. The first-order valence-corrected chi connectivity index (χ1v) is 9.41. The second kappa shape index (κ2) is 7.53. The molecule has 28 heavy (non-hydrogen) atoms. The van der Waals surface area contributed by atoms with Gasteiger partial charge in [-0.3, -0.25) is 4.79 Å². The smallest absolute Gasteiger partial charge is 0.231 e. The van der Waals surface area contributed by atoms with Gasteiger partial charge in [0.15, 0.2) is 5.76 Å². The summed E-state index contributed by atoms with van der Waals surface area (Å²) in [6.07, 6.45) is 1.71. The molecule has 140 valence electrons. The van der Waals surface area contributed by atoms with Gasteiger partial charge in [0.1, 0.15) is 18.1 Å². The number of Topliss-reactive ketones (excluding diaryl/α,β-unsaturated/α-hetero) is 1. The van der Waals surface area contributed by atoms with Gasteiger partial charge in [0.25, 0.3) is 0 Å². The first-order valence-electron chi connectivity index (χ1n) is 9.03. The van der Waals surface area contributed by atoms with Crippen LogP contribution in [0.1, 0.15) is 32.6 Å². The molecule has 3 aromatic rings. The van der Waals surface area contributed by atoms with Crippen LogP contribution in [0.5, 0.6) is 11.5 Å². The summed E-state index contributed by atoms with van der Waals surface area (Å²) in [6.45, 7) is 4.43. The molecule has 3 aromatic carbocycles. The maximum Gasteiger partial charge on any atom is 0.231 e. The highest BCUT2D eigenvalue weighted by atomic mass is 35.5. The Morgan fingerprint density at radius 3 is 2.64 bits per heavy atom. The lowest BCUT2D eigenvalue weighted by Gasteiger charge is -2.12. The van der Waals surface area contributed by atoms with Crippen molar-refractivity contribution in [3.8, 4) is 11.5 Å². The fraction of sp³-hybridized carbons (Fsp3) is 0.125. The summed E-state index contributed by atoms with van der Waals surface area (Å²) in [5.74, 6) is 1.42. The summed E-state index contributed by atoms with van der Waals surface area (Å²) < 4.78 is 11.9. The maximum absolute atomic E-state index is 12.7. The highest BCUT2D eigenvalue weighted by molar-refractivity contribution is 6.30. The number of hydrogen-bond donors (Lipinski definition) is 0. The molecule has 0 amide bonds. The van der Waals surface area contributed by atoms with Gasteiger partial charge in [0, 0.05) is 10.6 Å². The maximum atomic E-state index is 12.7. The Morgan fingerprint density at radius 1 is 1.04 bits per heavy atom. The highest BCUT2D eigenvalue weighted by Crippen LogP contribution is 2.39. The first kappa shape index (κ1) is 18.3. The molecule has 0 fully saturated rings. The molecule has 0 unspecified atom stereocenters. The van der Waals surface area contributed by atoms with Crippen molar-refractivity contribution in [1.82, 2.24) is 0 Å². The zero-order valence-electron chi connectivity index (χ0n) is 15.7. The van der Waals surface area contributed by atoms with Gasteiger partial charge in [-0.2, -0.15) is 0 Å². The monoisotopic (exact) mass is 390 g/mol. The van der Waals surface area contributed by atoms with E-state index in [1.54, 1.807) is 24.3 Å². The number of halogens is 1. The van der Waals surface area contributed by atoms with Crippen molar-refractivity contribution >= 4 is 23.5 Å². The molecule has 0 saturated carbocycles. The Morgan fingerprint density at radius 2 is 1.86 bits per heavy atom. The van der Waals surface area contributed by atoms with Crippen LogP contribution in [-0.2, 0) is 6.61 Å². The minimum atomic E-state index is -0.136. The van der Waals surface area contributed by atoms with Crippen LogP contribution in [0.4, 0.5) is 0 Å². The normalized spacial score (nSPS) is 14.1. The van der Waals surface area contributed by atoms with Crippen LogP contribution in [0.15, 0.2) is 66.4 Å². The average Bonchev–Trinajstić information content (AvgIpc) is 2.99. The zero-order chi connectivity index (χ0) is 19.7. The number of carbonyl (C=O) groups excluding carboxylic acids is 1. The molecule has 0 bridgehead atoms. The number of aryl methyl sites for hydroxylation is 1. The third-order valence-electron chi connectivity index (χ3n) is 4.83. The Balaban J connectivity index is 1.59. The van der Waals surface area contributed by atoms with Crippen molar-refractivity contribution in [3.05, 3.63) is 99.3 Å². The largest absolute Gasteiger partial charge is 0.488 e. The zero-order valence-corrected chi connectivity index (χ0v) is 16.4. The van der Waals surface area contributed by atoms with Crippen molar-refractivity contribution in [2.24, 2.45) is 0 Å². The third kappa shape index (κ3) is 3.54. The van der Waals surface area contributed by atoms with E-state index in [-0.39, 0.29) is 11.5 Å². The summed E-state index contributed by atoms with van der Waals surface area (Å²) >= 11 is 6.03. The van der Waals surface area contributed by atoms with E-state index in [0.29, 0.717) is 28.7 Å². The van der Waals surface area contributed by atoms with Crippen LogP contribution in [-0.4, -0.2) is 5.78 Å². The fourth-order valence-electron chi connectivity index (χ4n) is 3.20. The molecule has 0 atom stereocenters. The molecule has 0 N–H and O–H groups in total. The van der Waals surface area contributed by atoms with E-state index in [0.717, 1.165) is 16.7 Å². The minimum Gasteiger partial charge on any atom is -0.488 e. The summed E-state index contributed by atoms with van der Waals surface area (Å²) in [6, 6.07) is 19.0. The predicted molar refractivity (Wildman–Crippen MR) is 111 cm³/mol. The van der Waals surface area contributed by atoms with Crippen molar-refractivity contribution in [2.45, 2.75) is 20.5 Å². The Labute approximate surface area is 169 Å². The van der Waals surface area contributed by atoms with Crippen molar-refractivity contribution in [1.29, 1.82) is 0 Å². The molecular formula is C24H19ClO3. The lowest BCUT2D eigenvalue weighted by atomic mass is 10.1. The summed E-state index contributed by atoms with van der Waals surface area (Å²) in [7, 11) is 0. The van der Waals surface area contributed by atoms with E-state index in [1.165, 1.54) is 5.56 Å². The van der Waals surface area contributed by atoms with Crippen molar-refractivity contribution in [3.63, 3.8) is 0 Å². The SMILES string of the molecule is Cc1ccccc1COc1ccc2c(c1C)O/C(=C\c1cccc(Cl)c1)C2=O. The average molecular weight is 391 g/mol. The first-order chi connectivity index (χ1) is 13.5. The molecule has 4 rings (SSSR count). The summed E-state index contributed by atoms with van der Waals surface area (Å²) in [5.41, 5.74) is 4.49. The molecule has 4 heteroatoms. The van der Waals surface area contributed by atoms with Crippen molar-refractivity contribution in [2.75, 3.05) is 0 Å². The second-order valence-electron chi connectivity index (χ2n) is 6.78. The lowest BCUT2D eigenvalue weighted by Crippen LogP contribution is -2.00. The molecule has 1 aliphatic heterocycles. The van der Waals surface area contributed by atoms with E-state index in [4.69, 9.17) is 21.1 Å². The van der Waals surface area contributed by atoms with Crippen LogP contribution in [0.25, 0.3) is 6.08 Å². The van der Waals surface area contributed by atoms with Crippen LogP contribution in [0, 0.1) is 13.8 Å². The minimum absolute atomic E-state index is 0.136. The van der Waals surface area contributed by atoms with Gasteiger partial charge in [-0.15, -0.1) is 0 Å². The van der Waals surface area contributed by atoms with Crippen LogP contribution in [0.2, 0.25) is 5.02 Å². The number of hydrogen-bond acceptors (Lipinski definition) is 3. The number of fused-ring (bicyclic) bond motifs is 1. The van der Waals surface area contributed by atoms with Gasteiger partial charge in [0.2, 0.25) is 5.78 Å². The molecule has 3 nitrogen and oxygen atoms in total. The second-order valence-corrected chi connectivity index (χ2v) is 7.21. The summed E-state index contributed by atoms with van der Waals surface area (Å²) in [5, 5.41) is 0.611. The Bertz CT molecular complexity index is 1100. The van der Waals surface area contributed by atoms with Crippen LogP contribution in [0.3, 0.4) is 0 Å². The van der Waals surface area contributed by atoms with E-state index in [9.17, 15) is 4.79 Å². The number of allylic oxidation sites excluding steroid dienone is 1. The van der Waals surface area contributed by atoms with Gasteiger partial charge in [-0.25, -0.2) is 0 Å². The fourth-order valence-corrected chi connectivity index (χ4v) is 3.40. The molecule has 0 aliphatic carbocycles. The number of ether oxygens (including phenoxy) is 2. The van der Waals surface area contributed by atoms with Crippen LogP contribution < -0.4 is 9.47 Å². The standard InChI is InChI=1S/C24H19ClO3/c1-15-6-3-4-8-18(15)14-27-21-11-10-20-23(26)22(28-24(20)16(21)2)13-17-7-5-9-19(25)12-17/h3-13H,14H2,1-2H3/b22-13-. The third-order valence-corrected chi connectivity index (χ3v) is 5.06. The topological polar surface area (TPSA) is 35.5 Å². The van der Waals surface area contributed by atoms with E-state index in [1.807, 2.05) is 43.3 Å². The van der Waals surface area contributed by atoms with E-state index < -0.39 is 0 Å². The number of rotatable bonds is 4. The van der Waals surface area contributed by atoms with Gasteiger partial charge in [-0.05, 0) is 60.9 Å². The van der Waals surface area contributed by atoms with E-state index >= 15 is 0 Å². The predicted octanol–water partition coefficient (Wildman–Crippen LogP) is 6.15. The molecular weight excluding hydrogens is 372 g/mol. The molecule has 0 aromatic heterocycles. The highest BCUT2D eigenvalue weighted by Gasteiger charge is 2.30. The molecule has 0 spiro atoms. The Hall–Kier alpha value is -3.04. The summed E-state index contributed by atoms with van der Waals surface area (Å²) in [4.78, 5) is 12.7. The number of benzene rings is 3. The van der Waals surface area contributed by atoms with Gasteiger partial charge in [0.05, 0.1) is 5.56 Å². The lowest BCUT2D eigenvalue weighted by molar-refractivity contribution is 0.101. The molecule has 1 aliphatic rings. The quantitative estimate of drug-likeness (QED) is 0.501. The van der Waals surface area contributed by atoms with Gasteiger partial charge in [-0.1, -0.05) is 48.0 Å². The number of ketones is 1. The molecule has 1 heterocycles. The van der Waals surface area contributed by atoms with Crippen LogP contribution >= 0.6 is 11.6 Å². The van der Waals surface area contributed by atoms with Gasteiger partial charge >= 0.3 is 0 Å². The van der Waals surface area contributed by atoms with Gasteiger partial charge < -0.3 is 9.47 Å². The van der Waals surface area contributed by atoms with E-state index in [2.05, 4.69) is 13.0 Å².